The molecule has 0 aliphatic carbocycles. The summed E-state index contributed by atoms with van der Waals surface area (Å²) >= 11 is 11.9. The van der Waals surface area contributed by atoms with Gasteiger partial charge in [0, 0.05) is 46.5 Å². The van der Waals surface area contributed by atoms with Crippen molar-refractivity contribution in [3.8, 4) is 0 Å². The Morgan fingerprint density at radius 2 is 1.70 bits per heavy atom. The maximum atomic E-state index is 12.5. The van der Waals surface area contributed by atoms with Gasteiger partial charge in [-0.25, -0.2) is 0 Å². The third-order valence-electron chi connectivity index (χ3n) is 4.90. The van der Waals surface area contributed by atoms with Crippen LogP contribution in [0, 0.1) is 5.92 Å². The number of hydrogen-bond acceptors (Lipinski definition) is 3. The number of hydrogen-bond donors (Lipinski definition) is 2. The van der Waals surface area contributed by atoms with E-state index in [2.05, 4.69) is 17.6 Å². The predicted molar refractivity (Wildman–Crippen MR) is 119 cm³/mol. The SMILES string of the molecule is CCCCN1C[C@H](C(=O)Nc2ccc(C(=O)Nc3cc(Cl)cc(Cl)c3)cc2)CC1=O. The molecule has 1 saturated heterocycles. The lowest BCUT2D eigenvalue weighted by Gasteiger charge is -2.16. The second kappa shape index (κ2) is 9.96. The number of rotatable bonds is 7. The summed E-state index contributed by atoms with van der Waals surface area (Å²) in [6.07, 6.45) is 2.17. The summed E-state index contributed by atoms with van der Waals surface area (Å²) in [5.41, 5.74) is 1.49. The number of amides is 3. The van der Waals surface area contributed by atoms with Crippen LogP contribution in [0.3, 0.4) is 0 Å². The number of unbranched alkanes of at least 4 members (excludes halogenated alkanes) is 1. The second-order valence-electron chi connectivity index (χ2n) is 7.27. The van der Waals surface area contributed by atoms with Gasteiger partial charge < -0.3 is 15.5 Å². The summed E-state index contributed by atoms with van der Waals surface area (Å²) in [4.78, 5) is 38.7. The molecule has 0 spiro atoms. The van der Waals surface area contributed by atoms with Crippen molar-refractivity contribution in [2.45, 2.75) is 26.2 Å². The fourth-order valence-electron chi connectivity index (χ4n) is 3.29. The first-order chi connectivity index (χ1) is 14.4. The Labute approximate surface area is 185 Å². The van der Waals surface area contributed by atoms with E-state index < -0.39 is 0 Å². The minimum atomic E-state index is -0.357. The van der Waals surface area contributed by atoms with Gasteiger partial charge in [-0.3, -0.25) is 14.4 Å². The summed E-state index contributed by atoms with van der Waals surface area (Å²) in [7, 11) is 0. The third-order valence-corrected chi connectivity index (χ3v) is 5.34. The number of anilines is 2. The molecule has 1 atom stereocenters. The first-order valence-corrected chi connectivity index (χ1v) is 10.6. The zero-order valence-electron chi connectivity index (χ0n) is 16.6. The van der Waals surface area contributed by atoms with E-state index in [0.29, 0.717) is 40.1 Å². The monoisotopic (exact) mass is 447 g/mol. The van der Waals surface area contributed by atoms with Gasteiger partial charge in [-0.15, -0.1) is 0 Å². The number of carbonyl (C=O) groups excluding carboxylic acids is 3. The van der Waals surface area contributed by atoms with Gasteiger partial charge in [0.1, 0.15) is 0 Å². The summed E-state index contributed by atoms with van der Waals surface area (Å²) in [6, 6.07) is 11.3. The van der Waals surface area contributed by atoms with Crippen LogP contribution in [0.1, 0.15) is 36.5 Å². The number of nitrogens with one attached hydrogen (secondary N) is 2. The molecule has 0 bridgehead atoms. The predicted octanol–water partition coefficient (Wildman–Crippen LogP) is 4.83. The Kier molecular flexibility index (Phi) is 7.34. The summed E-state index contributed by atoms with van der Waals surface area (Å²) in [6.45, 7) is 3.22. The van der Waals surface area contributed by atoms with Gasteiger partial charge in [0.25, 0.3) is 5.91 Å². The van der Waals surface area contributed by atoms with E-state index in [0.717, 1.165) is 12.8 Å². The molecule has 8 heteroatoms. The molecule has 3 amide bonds. The van der Waals surface area contributed by atoms with Crippen LogP contribution in [0.4, 0.5) is 11.4 Å². The molecular weight excluding hydrogens is 425 g/mol. The van der Waals surface area contributed by atoms with Crippen molar-refractivity contribution in [1.29, 1.82) is 0 Å². The number of carbonyl (C=O) groups is 3. The topological polar surface area (TPSA) is 78.5 Å². The van der Waals surface area contributed by atoms with Crippen molar-refractivity contribution >= 4 is 52.3 Å². The van der Waals surface area contributed by atoms with Gasteiger partial charge in [0.2, 0.25) is 11.8 Å². The molecule has 0 aromatic heterocycles. The zero-order valence-corrected chi connectivity index (χ0v) is 18.1. The molecule has 2 aromatic carbocycles. The van der Waals surface area contributed by atoms with Gasteiger partial charge in [-0.1, -0.05) is 36.5 Å². The van der Waals surface area contributed by atoms with E-state index in [1.54, 1.807) is 47.4 Å². The minimum Gasteiger partial charge on any atom is -0.342 e. The Balaban J connectivity index is 1.57. The average Bonchev–Trinajstić information content (AvgIpc) is 3.07. The number of nitrogens with zero attached hydrogens (tertiary/aromatic N) is 1. The van der Waals surface area contributed by atoms with E-state index in [4.69, 9.17) is 23.2 Å². The first kappa shape index (κ1) is 22.1. The van der Waals surface area contributed by atoms with Crippen LogP contribution < -0.4 is 10.6 Å². The van der Waals surface area contributed by atoms with E-state index >= 15 is 0 Å². The van der Waals surface area contributed by atoms with E-state index in [1.807, 2.05) is 0 Å². The number of likely N-dealkylation sites (tertiary alicyclic amines) is 1. The zero-order chi connectivity index (χ0) is 21.7. The van der Waals surface area contributed by atoms with E-state index in [-0.39, 0.29) is 30.1 Å². The van der Waals surface area contributed by atoms with E-state index in [9.17, 15) is 14.4 Å². The van der Waals surface area contributed by atoms with Crippen molar-refractivity contribution in [3.63, 3.8) is 0 Å². The highest BCUT2D eigenvalue weighted by Gasteiger charge is 2.33. The highest BCUT2D eigenvalue weighted by molar-refractivity contribution is 6.35. The lowest BCUT2D eigenvalue weighted by atomic mass is 10.1. The second-order valence-corrected chi connectivity index (χ2v) is 8.15. The van der Waals surface area contributed by atoms with Crippen LogP contribution in [0.25, 0.3) is 0 Å². The molecule has 2 aromatic rings. The number of halogens is 2. The van der Waals surface area contributed by atoms with Crippen LogP contribution in [-0.2, 0) is 9.59 Å². The Morgan fingerprint density at radius 3 is 2.33 bits per heavy atom. The summed E-state index contributed by atoms with van der Waals surface area (Å²) in [5, 5.41) is 6.41. The lowest BCUT2D eigenvalue weighted by Crippen LogP contribution is -2.29. The molecule has 0 saturated carbocycles. The van der Waals surface area contributed by atoms with Crippen molar-refractivity contribution in [1.82, 2.24) is 4.90 Å². The van der Waals surface area contributed by atoms with Gasteiger partial charge in [0.05, 0.1) is 5.92 Å². The van der Waals surface area contributed by atoms with Gasteiger partial charge >= 0.3 is 0 Å². The molecule has 1 aliphatic heterocycles. The first-order valence-electron chi connectivity index (χ1n) is 9.82. The molecule has 158 valence electrons. The van der Waals surface area contributed by atoms with Crippen LogP contribution in [0.2, 0.25) is 10.0 Å². The molecule has 1 aliphatic rings. The molecule has 1 fully saturated rings. The maximum absolute atomic E-state index is 12.5. The standard InChI is InChI=1S/C22H23Cl2N3O3/c1-2-3-8-27-13-15(9-20(27)28)22(30)25-18-6-4-14(5-7-18)21(29)26-19-11-16(23)10-17(24)12-19/h4-7,10-12,15H,2-3,8-9,13H2,1H3,(H,25,30)(H,26,29)/t15-/m1/s1. The van der Waals surface area contributed by atoms with Gasteiger partial charge in [-0.2, -0.15) is 0 Å². The maximum Gasteiger partial charge on any atom is 0.255 e. The highest BCUT2D eigenvalue weighted by Crippen LogP contribution is 2.24. The molecule has 2 N–H and O–H groups in total. The summed E-state index contributed by atoms with van der Waals surface area (Å²) < 4.78 is 0. The van der Waals surface area contributed by atoms with Crippen molar-refractivity contribution in [2.24, 2.45) is 5.92 Å². The van der Waals surface area contributed by atoms with E-state index in [1.165, 1.54) is 0 Å². The molecule has 3 rings (SSSR count). The molecule has 30 heavy (non-hydrogen) atoms. The van der Waals surface area contributed by atoms with Crippen molar-refractivity contribution < 1.29 is 14.4 Å². The third kappa shape index (κ3) is 5.74. The Bertz CT molecular complexity index is 927. The van der Waals surface area contributed by atoms with Crippen LogP contribution >= 0.6 is 23.2 Å². The molecule has 1 heterocycles. The Hall–Kier alpha value is -2.57. The smallest absolute Gasteiger partial charge is 0.255 e. The molecule has 0 radical (unpaired) electrons. The fourth-order valence-corrected chi connectivity index (χ4v) is 3.82. The lowest BCUT2D eigenvalue weighted by molar-refractivity contribution is -0.128. The normalized spacial score (nSPS) is 15.9. The minimum absolute atomic E-state index is 0.0248. The van der Waals surface area contributed by atoms with Gasteiger partial charge in [0.15, 0.2) is 0 Å². The quantitative estimate of drug-likeness (QED) is 0.637. The number of benzene rings is 2. The average molecular weight is 448 g/mol. The molecule has 6 nitrogen and oxygen atoms in total. The fraction of sp³-hybridized carbons (Fsp3) is 0.318. The Morgan fingerprint density at radius 1 is 1.03 bits per heavy atom. The van der Waals surface area contributed by atoms with Crippen molar-refractivity contribution in [3.05, 3.63) is 58.1 Å². The molecular formula is C22H23Cl2N3O3. The van der Waals surface area contributed by atoms with Crippen LogP contribution in [0.15, 0.2) is 42.5 Å². The van der Waals surface area contributed by atoms with Gasteiger partial charge in [-0.05, 0) is 48.9 Å². The van der Waals surface area contributed by atoms with Crippen LogP contribution in [0.5, 0.6) is 0 Å². The molecule has 0 unspecified atom stereocenters. The summed E-state index contributed by atoms with van der Waals surface area (Å²) in [5.74, 6) is -0.839. The van der Waals surface area contributed by atoms with Crippen molar-refractivity contribution in [2.75, 3.05) is 23.7 Å². The largest absolute Gasteiger partial charge is 0.342 e. The van der Waals surface area contributed by atoms with Crippen LogP contribution in [-0.4, -0.2) is 35.7 Å². The highest BCUT2D eigenvalue weighted by atomic mass is 35.5.